The first kappa shape index (κ1) is 10.2. The average molecular weight is 194 g/mol. The Morgan fingerprint density at radius 1 is 1.71 bits per heavy atom. The number of nitro groups is 1. The molecule has 6 heteroatoms. The summed E-state index contributed by atoms with van der Waals surface area (Å²) in [6, 6.07) is 1.89. The lowest BCUT2D eigenvalue weighted by Crippen LogP contribution is -1.99. The lowest BCUT2D eigenvalue weighted by molar-refractivity contribution is -0.386. The van der Waals surface area contributed by atoms with E-state index >= 15 is 0 Å². The lowest BCUT2D eigenvalue weighted by Gasteiger charge is -1.93. The Hall–Kier alpha value is -1.90. The molecule has 0 aromatic carbocycles. The van der Waals surface area contributed by atoms with Gasteiger partial charge in [-0.3, -0.25) is 14.8 Å². The molecule has 0 amide bonds. The van der Waals surface area contributed by atoms with Crippen LogP contribution in [0.3, 0.4) is 0 Å². The van der Waals surface area contributed by atoms with E-state index in [9.17, 15) is 10.1 Å². The molecule has 1 heterocycles. The highest BCUT2D eigenvalue weighted by molar-refractivity contribution is 5.42. The summed E-state index contributed by atoms with van der Waals surface area (Å²) in [5.41, 5.74) is 0.786. The Labute approximate surface area is 80.9 Å². The largest absolute Gasteiger partial charge is 0.314 e. The van der Waals surface area contributed by atoms with Crippen molar-refractivity contribution in [2.24, 2.45) is 7.05 Å². The molecule has 0 unspecified atom stereocenters. The van der Waals surface area contributed by atoms with E-state index in [0.29, 0.717) is 17.8 Å². The van der Waals surface area contributed by atoms with Gasteiger partial charge in [0.05, 0.1) is 17.4 Å². The molecule has 0 N–H and O–H groups in total. The second kappa shape index (κ2) is 3.87. The molecule has 0 spiro atoms. The number of hydrogen-bond donors (Lipinski definition) is 0. The van der Waals surface area contributed by atoms with Crippen LogP contribution in [0.2, 0.25) is 0 Å². The fourth-order valence-corrected chi connectivity index (χ4v) is 1.33. The highest BCUT2D eigenvalue weighted by atomic mass is 16.6. The predicted octanol–water partition coefficient (Wildman–Crippen LogP) is 0.957. The van der Waals surface area contributed by atoms with Gasteiger partial charge in [-0.15, -0.1) is 0 Å². The third kappa shape index (κ3) is 1.57. The Kier molecular flexibility index (Phi) is 2.82. The minimum Gasteiger partial charge on any atom is -0.264 e. The first-order valence-electron chi connectivity index (χ1n) is 4.17. The Morgan fingerprint density at radius 3 is 2.79 bits per heavy atom. The van der Waals surface area contributed by atoms with Crippen LogP contribution in [0.1, 0.15) is 18.3 Å². The molecule has 0 atom stereocenters. The van der Waals surface area contributed by atoms with Gasteiger partial charge in [-0.1, -0.05) is 6.92 Å². The molecule has 74 valence electrons. The van der Waals surface area contributed by atoms with Crippen molar-refractivity contribution >= 4 is 5.69 Å². The summed E-state index contributed by atoms with van der Waals surface area (Å²) >= 11 is 0. The molecule has 0 saturated carbocycles. The summed E-state index contributed by atoms with van der Waals surface area (Å²) in [5, 5.41) is 23.2. The van der Waals surface area contributed by atoms with Gasteiger partial charge in [0, 0.05) is 7.05 Å². The van der Waals surface area contributed by atoms with Gasteiger partial charge < -0.3 is 0 Å². The standard InChI is InChI=1S/C8H10N4O2/c1-3-6-8(12(13)14)7(4-5-9)11(2)10-6/h3-4H2,1-2H3. The van der Waals surface area contributed by atoms with Gasteiger partial charge in [0.15, 0.2) is 0 Å². The molecular formula is C8H10N4O2. The van der Waals surface area contributed by atoms with Crippen molar-refractivity contribution in [3.8, 4) is 6.07 Å². The van der Waals surface area contributed by atoms with Gasteiger partial charge in [0.1, 0.15) is 11.4 Å². The van der Waals surface area contributed by atoms with Crippen LogP contribution in [0.4, 0.5) is 5.69 Å². The molecule has 14 heavy (non-hydrogen) atoms. The van der Waals surface area contributed by atoms with Crippen molar-refractivity contribution in [1.82, 2.24) is 9.78 Å². The van der Waals surface area contributed by atoms with Crippen LogP contribution in [-0.2, 0) is 19.9 Å². The molecule has 0 aliphatic carbocycles. The Balaban J connectivity index is 3.32. The average Bonchev–Trinajstić information content (AvgIpc) is 2.44. The molecular weight excluding hydrogens is 184 g/mol. The normalized spacial score (nSPS) is 9.79. The first-order valence-corrected chi connectivity index (χ1v) is 4.17. The van der Waals surface area contributed by atoms with Crippen molar-refractivity contribution in [3.05, 3.63) is 21.5 Å². The molecule has 0 aliphatic rings. The molecule has 1 aromatic rings. The minimum atomic E-state index is -0.474. The van der Waals surface area contributed by atoms with Gasteiger partial charge in [0.2, 0.25) is 0 Å². The second-order valence-electron chi connectivity index (χ2n) is 2.81. The summed E-state index contributed by atoms with van der Waals surface area (Å²) in [4.78, 5) is 10.3. The fourth-order valence-electron chi connectivity index (χ4n) is 1.33. The van der Waals surface area contributed by atoms with Crippen LogP contribution in [0.5, 0.6) is 0 Å². The van der Waals surface area contributed by atoms with E-state index in [1.54, 1.807) is 14.0 Å². The molecule has 1 aromatic heterocycles. The van der Waals surface area contributed by atoms with E-state index in [1.165, 1.54) is 4.68 Å². The summed E-state index contributed by atoms with van der Waals surface area (Å²) in [6.07, 6.45) is 0.509. The van der Waals surface area contributed by atoms with E-state index < -0.39 is 4.92 Å². The maximum Gasteiger partial charge on any atom is 0.314 e. The maximum absolute atomic E-state index is 10.7. The molecule has 0 bridgehead atoms. The third-order valence-electron chi connectivity index (χ3n) is 1.97. The summed E-state index contributed by atoms with van der Waals surface area (Å²) in [7, 11) is 1.61. The predicted molar refractivity (Wildman–Crippen MR) is 48.6 cm³/mol. The number of hydrogen-bond acceptors (Lipinski definition) is 4. The molecule has 0 aliphatic heterocycles. The van der Waals surface area contributed by atoms with Crippen molar-refractivity contribution in [1.29, 1.82) is 5.26 Å². The van der Waals surface area contributed by atoms with Crippen molar-refractivity contribution in [2.75, 3.05) is 0 Å². The van der Waals surface area contributed by atoms with Crippen LogP contribution in [0.15, 0.2) is 0 Å². The van der Waals surface area contributed by atoms with Crippen LogP contribution in [0, 0.1) is 21.4 Å². The minimum absolute atomic E-state index is 0.0137. The first-order chi connectivity index (χ1) is 6.61. The van der Waals surface area contributed by atoms with Crippen molar-refractivity contribution in [3.63, 3.8) is 0 Å². The van der Waals surface area contributed by atoms with E-state index in [4.69, 9.17) is 5.26 Å². The number of rotatable bonds is 3. The SMILES string of the molecule is CCc1nn(C)c(CC#N)c1[N+](=O)[O-]. The summed E-state index contributed by atoms with van der Waals surface area (Å²) < 4.78 is 1.40. The van der Waals surface area contributed by atoms with Gasteiger partial charge in [-0.25, -0.2) is 0 Å². The fraction of sp³-hybridized carbons (Fsp3) is 0.500. The molecule has 0 radical (unpaired) electrons. The number of nitriles is 1. The van der Waals surface area contributed by atoms with Gasteiger partial charge >= 0.3 is 5.69 Å². The van der Waals surface area contributed by atoms with E-state index in [2.05, 4.69) is 5.10 Å². The molecule has 6 nitrogen and oxygen atoms in total. The number of aromatic nitrogens is 2. The molecule has 0 fully saturated rings. The zero-order chi connectivity index (χ0) is 10.7. The van der Waals surface area contributed by atoms with Gasteiger partial charge in [-0.2, -0.15) is 10.4 Å². The van der Waals surface area contributed by atoms with Crippen LogP contribution >= 0.6 is 0 Å². The van der Waals surface area contributed by atoms with Crippen LogP contribution in [-0.4, -0.2) is 14.7 Å². The Morgan fingerprint density at radius 2 is 2.36 bits per heavy atom. The monoisotopic (exact) mass is 194 g/mol. The topological polar surface area (TPSA) is 84.8 Å². The van der Waals surface area contributed by atoms with Crippen LogP contribution < -0.4 is 0 Å². The highest BCUT2D eigenvalue weighted by Crippen LogP contribution is 2.23. The maximum atomic E-state index is 10.7. The van der Waals surface area contributed by atoms with Crippen molar-refractivity contribution < 1.29 is 4.92 Å². The lowest BCUT2D eigenvalue weighted by atomic mass is 10.2. The van der Waals surface area contributed by atoms with E-state index in [-0.39, 0.29) is 12.1 Å². The zero-order valence-electron chi connectivity index (χ0n) is 8.02. The third-order valence-corrected chi connectivity index (χ3v) is 1.97. The molecule has 0 saturated heterocycles. The summed E-state index contributed by atoms with van der Waals surface area (Å²) in [6.45, 7) is 1.80. The number of aryl methyl sites for hydroxylation is 2. The second-order valence-corrected chi connectivity index (χ2v) is 2.81. The smallest absolute Gasteiger partial charge is 0.264 e. The van der Waals surface area contributed by atoms with E-state index in [1.807, 2.05) is 6.07 Å². The Bertz CT molecular complexity index is 402. The van der Waals surface area contributed by atoms with E-state index in [0.717, 1.165) is 0 Å². The summed E-state index contributed by atoms with van der Waals surface area (Å²) in [5.74, 6) is 0. The van der Waals surface area contributed by atoms with Crippen molar-refractivity contribution in [2.45, 2.75) is 19.8 Å². The number of nitrogens with zero attached hydrogens (tertiary/aromatic N) is 4. The van der Waals surface area contributed by atoms with Gasteiger partial charge in [-0.05, 0) is 6.42 Å². The highest BCUT2D eigenvalue weighted by Gasteiger charge is 2.24. The zero-order valence-corrected chi connectivity index (χ0v) is 8.02. The quantitative estimate of drug-likeness (QED) is 0.529. The van der Waals surface area contributed by atoms with Crippen LogP contribution in [0.25, 0.3) is 0 Å². The molecule has 1 rings (SSSR count). The van der Waals surface area contributed by atoms with Gasteiger partial charge in [0.25, 0.3) is 0 Å².